The fourth-order valence-corrected chi connectivity index (χ4v) is 3.13. The minimum Gasteiger partial charge on any atom is -0.544 e. The summed E-state index contributed by atoms with van der Waals surface area (Å²) < 4.78 is 0.429. The molecule has 0 fully saturated rings. The number of unbranched alkanes of at least 4 members (excludes halogenated alkanes) is 2. The van der Waals surface area contributed by atoms with Gasteiger partial charge < -0.3 is 19.5 Å². The van der Waals surface area contributed by atoms with Gasteiger partial charge in [-0.25, -0.2) is 0 Å². The van der Waals surface area contributed by atoms with Crippen molar-refractivity contribution in [2.45, 2.75) is 71.4 Å². The maximum atomic E-state index is 11.4. The molecule has 0 rings (SSSR count). The average molecular weight is 299 g/mol. The number of rotatable bonds is 13. The Morgan fingerprint density at radius 2 is 1.86 bits per heavy atom. The zero-order chi connectivity index (χ0) is 16.3. The number of allylic oxidation sites excluding steroid dienone is 1. The van der Waals surface area contributed by atoms with Crippen LogP contribution in [0.1, 0.15) is 59.3 Å². The van der Waals surface area contributed by atoms with E-state index in [9.17, 15) is 15.0 Å². The third-order valence-corrected chi connectivity index (χ3v) is 4.27. The van der Waals surface area contributed by atoms with Gasteiger partial charge >= 0.3 is 0 Å². The van der Waals surface area contributed by atoms with Crippen LogP contribution in [0.4, 0.5) is 0 Å². The molecule has 124 valence electrons. The van der Waals surface area contributed by atoms with Crippen molar-refractivity contribution in [3.05, 3.63) is 12.7 Å². The van der Waals surface area contributed by atoms with Gasteiger partial charge in [-0.2, -0.15) is 0 Å². The number of hydrogen-bond donors (Lipinski definition) is 1. The fourth-order valence-electron chi connectivity index (χ4n) is 3.13. The highest BCUT2D eigenvalue weighted by molar-refractivity contribution is 5.69. The molecule has 0 aromatic rings. The fraction of sp³-hybridized carbons (Fsp3) is 0.824. The highest BCUT2D eigenvalue weighted by Crippen LogP contribution is 2.19. The summed E-state index contributed by atoms with van der Waals surface area (Å²) in [4.78, 5) is 11.4. The van der Waals surface area contributed by atoms with Crippen LogP contribution in [0, 0.1) is 0 Å². The summed E-state index contributed by atoms with van der Waals surface area (Å²) in [5.74, 6) is -1.02. The van der Waals surface area contributed by atoms with E-state index in [4.69, 9.17) is 0 Å². The molecule has 4 nitrogen and oxygen atoms in total. The van der Waals surface area contributed by atoms with Crippen LogP contribution in [0.2, 0.25) is 0 Å². The predicted molar refractivity (Wildman–Crippen MR) is 84.6 cm³/mol. The lowest BCUT2D eigenvalue weighted by Gasteiger charge is -2.45. The third-order valence-electron chi connectivity index (χ3n) is 4.27. The first-order valence-corrected chi connectivity index (χ1v) is 8.29. The van der Waals surface area contributed by atoms with Crippen molar-refractivity contribution in [3.8, 4) is 0 Å². The van der Waals surface area contributed by atoms with Crippen molar-refractivity contribution in [3.63, 3.8) is 0 Å². The molecule has 0 amide bonds. The number of carbonyl (C=O) groups excluding carboxylic acids is 1. The zero-order valence-electron chi connectivity index (χ0n) is 14.0. The Balaban J connectivity index is 4.77. The normalized spacial score (nSPS) is 14.7. The molecule has 1 N–H and O–H groups in total. The smallest absolute Gasteiger partial charge is 0.126 e. The number of carboxylic acids is 1. The molecular weight excluding hydrogens is 266 g/mol. The number of aliphatic hydroxyl groups excluding tert-OH is 1. The second kappa shape index (κ2) is 10.8. The quantitative estimate of drug-likeness (QED) is 0.321. The van der Waals surface area contributed by atoms with Crippen LogP contribution in [0.3, 0.4) is 0 Å². The summed E-state index contributed by atoms with van der Waals surface area (Å²) >= 11 is 0. The van der Waals surface area contributed by atoms with Crippen molar-refractivity contribution < 1.29 is 19.5 Å². The number of hydrogen-bond acceptors (Lipinski definition) is 3. The number of aliphatic carboxylic acids is 1. The van der Waals surface area contributed by atoms with Crippen molar-refractivity contribution in [2.75, 3.05) is 19.6 Å². The monoisotopic (exact) mass is 299 g/mol. The second-order valence-corrected chi connectivity index (χ2v) is 6.07. The predicted octanol–water partition coefficient (Wildman–Crippen LogP) is 1.87. The van der Waals surface area contributed by atoms with Crippen molar-refractivity contribution in [1.82, 2.24) is 0 Å². The molecule has 0 aliphatic heterocycles. The third kappa shape index (κ3) is 7.09. The molecule has 0 spiro atoms. The highest BCUT2D eigenvalue weighted by Gasteiger charge is 2.35. The minimum absolute atomic E-state index is 0.429. The van der Waals surface area contributed by atoms with E-state index in [0.717, 1.165) is 51.6 Å². The average Bonchev–Trinajstić information content (AvgIpc) is 2.43. The number of carboxylic acid groups (broad SMARTS) is 1. The number of carbonyl (C=O) groups is 1. The van der Waals surface area contributed by atoms with E-state index < -0.39 is 18.1 Å². The van der Waals surface area contributed by atoms with Crippen molar-refractivity contribution in [2.24, 2.45) is 0 Å². The molecule has 0 bridgehead atoms. The highest BCUT2D eigenvalue weighted by atomic mass is 16.4. The Labute approximate surface area is 130 Å². The molecule has 0 heterocycles. The van der Waals surface area contributed by atoms with Crippen molar-refractivity contribution >= 4 is 5.97 Å². The molecule has 21 heavy (non-hydrogen) atoms. The number of quaternary nitrogens is 1. The molecule has 4 heteroatoms. The number of aliphatic hydroxyl groups is 1. The van der Waals surface area contributed by atoms with E-state index in [1.807, 2.05) is 6.08 Å². The molecule has 0 aromatic carbocycles. The Morgan fingerprint density at radius 1 is 1.29 bits per heavy atom. The summed E-state index contributed by atoms with van der Waals surface area (Å²) in [6.45, 7) is 11.6. The lowest BCUT2D eigenvalue weighted by molar-refractivity contribution is -0.946. The first-order chi connectivity index (χ1) is 9.93. The molecule has 0 saturated heterocycles. The number of nitrogens with zero attached hydrogens (tertiary/aromatic N) is 1. The molecule has 0 aliphatic carbocycles. The van der Waals surface area contributed by atoms with E-state index >= 15 is 0 Å². The summed E-state index contributed by atoms with van der Waals surface area (Å²) in [5, 5.41) is 21.7. The van der Waals surface area contributed by atoms with E-state index in [2.05, 4.69) is 20.4 Å². The van der Waals surface area contributed by atoms with Gasteiger partial charge in [-0.3, -0.25) is 0 Å². The van der Waals surface area contributed by atoms with Crippen LogP contribution < -0.4 is 5.11 Å². The van der Waals surface area contributed by atoms with Gasteiger partial charge in [0.1, 0.15) is 18.7 Å². The van der Waals surface area contributed by atoms with E-state index in [0.29, 0.717) is 11.0 Å². The van der Waals surface area contributed by atoms with Crippen LogP contribution in [-0.2, 0) is 4.79 Å². The Morgan fingerprint density at radius 3 is 2.29 bits per heavy atom. The van der Waals surface area contributed by atoms with Gasteiger partial charge in [0.15, 0.2) is 0 Å². The van der Waals surface area contributed by atoms with E-state index in [-0.39, 0.29) is 0 Å². The molecular formula is C17H33NO3. The molecule has 2 unspecified atom stereocenters. The van der Waals surface area contributed by atoms with E-state index in [1.165, 1.54) is 0 Å². The first-order valence-electron chi connectivity index (χ1n) is 8.29. The Bertz CT molecular complexity index is 298. The topological polar surface area (TPSA) is 60.4 Å². The van der Waals surface area contributed by atoms with Gasteiger partial charge in [-0.1, -0.05) is 26.3 Å². The molecule has 0 saturated carbocycles. The van der Waals surface area contributed by atoms with Gasteiger partial charge in [0.2, 0.25) is 0 Å². The summed E-state index contributed by atoms with van der Waals surface area (Å²) in [6, 6.07) is -0.576. The van der Waals surface area contributed by atoms with Crippen LogP contribution >= 0.6 is 0 Å². The van der Waals surface area contributed by atoms with Crippen molar-refractivity contribution in [1.29, 1.82) is 0 Å². The summed E-state index contributed by atoms with van der Waals surface area (Å²) in [6.07, 6.45) is 6.91. The summed E-state index contributed by atoms with van der Waals surface area (Å²) in [7, 11) is 0. The second-order valence-electron chi connectivity index (χ2n) is 6.07. The van der Waals surface area contributed by atoms with Gasteiger partial charge in [-0.05, 0) is 39.0 Å². The minimum atomic E-state index is -1.02. The molecule has 0 aromatic heterocycles. The SMILES string of the molecule is C=CCCCCC(O)C[N+](CCC)(CCC)C(C)C(=O)[O-]. The van der Waals surface area contributed by atoms with Crippen LogP contribution in [0.15, 0.2) is 12.7 Å². The lowest BCUT2D eigenvalue weighted by atomic mass is 10.1. The van der Waals surface area contributed by atoms with E-state index in [1.54, 1.807) is 6.92 Å². The standard InChI is InChI=1S/C17H33NO3/c1-5-8-9-10-11-16(19)14-18(12-6-2,13-7-3)15(4)17(20)21/h5,15-16,19H,1,6-14H2,2-4H3. The largest absolute Gasteiger partial charge is 0.544 e. The van der Waals surface area contributed by atoms with Gasteiger partial charge in [0, 0.05) is 0 Å². The molecule has 0 radical (unpaired) electrons. The van der Waals surface area contributed by atoms with Crippen LogP contribution in [0.25, 0.3) is 0 Å². The van der Waals surface area contributed by atoms with Crippen LogP contribution in [0.5, 0.6) is 0 Å². The van der Waals surface area contributed by atoms with Crippen LogP contribution in [-0.4, -0.2) is 47.3 Å². The summed E-state index contributed by atoms with van der Waals surface area (Å²) in [5.41, 5.74) is 0. The van der Waals surface area contributed by atoms with Gasteiger partial charge in [-0.15, -0.1) is 6.58 Å². The lowest BCUT2D eigenvalue weighted by Crippen LogP contribution is -2.63. The zero-order valence-corrected chi connectivity index (χ0v) is 14.0. The van der Waals surface area contributed by atoms with Gasteiger partial charge in [0.25, 0.3) is 0 Å². The van der Waals surface area contributed by atoms with Gasteiger partial charge in [0.05, 0.1) is 19.1 Å². The molecule has 0 aliphatic rings. The Hall–Kier alpha value is -0.870. The molecule has 2 atom stereocenters. The Kier molecular flexibility index (Phi) is 10.4. The maximum absolute atomic E-state index is 11.4. The maximum Gasteiger partial charge on any atom is 0.126 e. The first kappa shape index (κ1) is 20.1.